The predicted molar refractivity (Wildman–Crippen MR) is 62.2 cm³/mol. The number of ketones is 1. The monoisotopic (exact) mass is 215 g/mol. The van der Waals surface area contributed by atoms with Crippen molar-refractivity contribution in [3.63, 3.8) is 0 Å². The Hall–Kier alpha value is -2.10. The molecule has 2 aromatic rings. The van der Waals surface area contributed by atoms with Crippen LogP contribution in [0, 0.1) is 6.92 Å². The molecule has 1 aromatic carbocycles. The molecule has 0 radical (unpaired) electrons. The zero-order valence-electron chi connectivity index (χ0n) is 9.27. The van der Waals surface area contributed by atoms with Crippen LogP contribution in [0.3, 0.4) is 0 Å². The highest BCUT2D eigenvalue weighted by Gasteiger charge is 2.15. The van der Waals surface area contributed by atoms with Gasteiger partial charge in [0.05, 0.1) is 0 Å². The largest absolute Gasteiger partial charge is 0.399 e. The average molecular weight is 215 g/mol. The second-order valence-corrected chi connectivity index (χ2v) is 3.77. The molecule has 16 heavy (non-hydrogen) atoms. The Bertz CT molecular complexity index is 543. The van der Waals surface area contributed by atoms with Gasteiger partial charge in [0.15, 0.2) is 5.82 Å². The van der Waals surface area contributed by atoms with Crippen molar-refractivity contribution in [3.05, 3.63) is 47.5 Å². The lowest BCUT2D eigenvalue weighted by atomic mass is 10.0. The van der Waals surface area contributed by atoms with E-state index < -0.39 is 0 Å². The predicted octanol–water partition coefficient (Wildman–Crippen LogP) is 1.54. The molecular weight excluding hydrogens is 202 g/mol. The second kappa shape index (κ2) is 3.81. The Labute approximate surface area is 93.7 Å². The highest BCUT2D eigenvalue weighted by atomic mass is 16.1. The van der Waals surface area contributed by atoms with Crippen molar-refractivity contribution >= 4 is 11.5 Å². The lowest BCUT2D eigenvalue weighted by Gasteiger charge is -2.05. The van der Waals surface area contributed by atoms with Gasteiger partial charge in [-0.25, -0.2) is 4.98 Å². The van der Waals surface area contributed by atoms with Crippen molar-refractivity contribution in [1.82, 2.24) is 9.55 Å². The summed E-state index contributed by atoms with van der Waals surface area (Å²) in [5.74, 6) is 0.359. The normalized spacial score (nSPS) is 10.4. The maximum absolute atomic E-state index is 12.1. The summed E-state index contributed by atoms with van der Waals surface area (Å²) in [6, 6.07) is 5.25. The first kappa shape index (κ1) is 10.4. The number of hydrogen-bond acceptors (Lipinski definition) is 3. The maximum atomic E-state index is 12.1. The topological polar surface area (TPSA) is 60.9 Å². The molecule has 0 aliphatic carbocycles. The molecule has 0 aliphatic rings. The molecule has 0 amide bonds. The van der Waals surface area contributed by atoms with Gasteiger partial charge >= 0.3 is 0 Å². The summed E-state index contributed by atoms with van der Waals surface area (Å²) in [6.07, 6.45) is 3.36. The van der Waals surface area contributed by atoms with Crippen LogP contribution in [0.1, 0.15) is 21.7 Å². The maximum Gasteiger partial charge on any atom is 0.228 e. The van der Waals surface area contributed by atoms with Gasteiger partial charge in [-0.15, -0.1) is 0 Å². The molecule has 4 heteroatoms. The van der Waals surface area contributed by atoms with Crippen molar-refractivity contribution < 1.29 is 4.79 Å². The number of nitrogens with two attached hydrogens (primary N) is 1. The molecule has 0 saturated heterocycles. The number of carbonyl (C=O) groups excluding carboxylic acids is 1. The standard InChI is InChI=1S/C12H13N3O/c1-8-7-9(13)3-4-10(8)11(16)12-14-5-6-15(12)2/h3-7H,13H2,1-2H3. The van der Waals surface area contributed by atoms with Crippen LogP contribution in [-0.4, -0.2) is 15.3 Å². The van der Waals surface area contributed by atoms with E-state index in [-0.39, 0.29) is 5.78 Å². The minimum absolute atomic E-state index is 0.0787. The Kier molecular flexibility index (Phi) is 2.48. The Morgan fingerprint density at radius 1 is 1.44 bits per heavy atom. The van der Waals surface area contributed by atoms with Crippen LogP contribution in [0.2, 0.25) is 0 Å². The van der Waals surface area contributed by atoms with Crippen LogP contribution in [0.15, 0.2) is 30.6 Å². The van der Waals surface area contributed by atoms with E-state index in [0.29, 0.717) is 17.1 Å². The van der Waals surface area contributed by atoms with Gasteiger partial charge in [0.25, 0.3) is 0 Å². The zero-order valence-corrected chi connectivity index (χ0v) is 9.27. The quantitative estimate of drug-likeness (QED) is 0.610. The Balaban J connectivity index is 2.46. The fourth-order valence-electron chi connectivity index (χ4n) is 1.65. The van der Waals surface area contributed by atoms with E-state index in [9.17, 15) is 4.79 Å². The minimum Gasteiger partial charge on any atom is -0.399 e. The number of benzene rings is 1. The molecule has 2 rings (SSSR count). The fourth-order valence-corrected chi connectivity index (χ4v) is 1.65. The molecule has 0 bridgehead atoms. The summed E-state index contributed by atoms with van der Waals surface area (Å²) in [7, 11) is 1.80. The zero-order chi connectivity index (χ0) is 11.7. The van der Waals surface area contributed by atoms with E-state index >= 15 is 0 Å². The van der Waals surface area contributed by atoms with E-state index in [4.69, 9.17) is 5.73 Å². The molecule has 0 spiro atoms. The number of imidazole rings is 1. The second-order valence-electron chi connectivity index (χ2n) is 3.77. The number of nitrogens with zero attached hydrogens (tertiary/aromatic N) is 2. The molecule has 0 atom stereocenters. The van der Waals surface area contributed by atoms with Gasteiger partial charge in [0.1, 0.15) is 0 Å². The lowest BCUT2D eigenvalue weighted by Crippen LogP contribution is -2.10. The Morgan fingerprint density at radius 3 is 2.75 bits per heavy atom. The number of aryl methyl sites for hydroxylation is 2. The van der Waals surface area contributed by atoms with E-state index in [1.807, 2.05) is 6.92 Å². The van der Waals surface area contributed by atoms with E-state index in [1.165, 1.54) is 0 Å². The van der Waals surface area contributed by atoms with Crippen LogP contribution in [0.4, 0.5) is 5.69 Å². The smallest absolute Gasteiger partial charge is 0.228 e. The first-order chi connectivity index (χ1) is 7.59. The summed E-state index contributed by atoms with van der Waals surface area (Å²) in [5, 5.41) is 0. The molecule has 0 unspecified atom stereocenters. The van der Waals surface area contributed by atoms with Gasteiger partial charge in [-0.05, 0) is 30.7 Å². The number of hydrogen-bond donors (Lipinski definition) is 1. The number of carbonyl (C=O) groups is 1. The van der Waals surface area contributed by atoms with Gasteiger partial charge < -0.3 is 10.3 Å². The first-order valence-electron chi connectivity index (χ1n) is 4.97. The van der Waals surface area contributed by atoms with Crippen LogP contribution < -0.4 is 5.73 Å². The third kappa shape index (κ3) is 1.69. The average Bonchev–Trinajstić information content (AvgIpc) is 2.63. The van der Waals surface area contributed by atoms with Gasteiger partial charge in [0.2, 0.25) is 5.78 Å². The van der Waals surface area contributed by atoms with Gasteiger partial charge in [0, 0.05) is 30.7 Å². The molecule has 0 aliphatic heterocycles. The fraction of sp³-hybridized carbons (Fsp3) is 0.167. The van der Waals surface area contributed by atoms with Gasteiger partial charge in [-0.3, -0.25) is 4.79 Å². The summed E-state index contributed by atoms with van der Waals surface area (Å²) in [6.45, 7) is 1.87. The summed E-state index contributed by atoms with van der Waals surface area (Å²) in [5.41, 5.74) is 7.82. The molecule has 1 heterocycles. The van der Waals surface area contributed by atoms with Crippen molar-refractivity contribution in [2.45, 2.75) is 6.92 Å². The molecule has 0 saturated carbocycles. The molecular formula is C12H13N3O. The van der Waals surface area contributed by atoms with Crippen molar-refractivity contribution in [3.8, 4) is 0 Å². The Morgan fingerprint density at radius 2 is 2.19 bits per heavy atom. The molecule has 1 aromatic heterocycles. The van der Waals surface area contributed by atoms with Crippen LogP contribution in [0.5, 0.6) is 0 Å². The first-order valence-corrected chi connectivity index (χ1v) is 4.97. The summed E-state index contributed by atoms with van der Waals surface area (Å²) >= 11 is 0. The van der Waals surface area contributed by atoms with Crippen molar-refractivity contribution in [1.29, 1.82) is 0 Å². The minimum atomic E-state index is -0.0787. The number of rotatable bonds is 2. The summed E-state index contributed by atoms with van der Waals surface area (Å²) < 4.78 is 1.71. The third-order valence-corrected chi connectivity index (χ3v) is 2.52. The van der Waals surface area contributed by atoms with E-state index in [1.54, 1.807) is 42.2 Å². The number of aromatic nitrogens is 2. The molecule has 2 N–H and O–H groups in total. The van der Waals surface area contributed by atoms with Crippen molar-refractivity contribution in [2.75, 3.05) is 5.73 Å². The molecule has 4 nitrogen and oxygen atoms in total. The van der Waals surface area contributed by atoms with E-state index in [0.717, 1.165) is 5.56 Å². The van der Waals surface area contributed by atoms with Crippen LogP contribution in [-0.2, 0) is 7.05 Å². The van der Waals surface area contributed by atoms with E-state index in [2.05, 4.69) is 4.98 Å². The third-order valence-electron chi connectivity index (χ3n) is 2.52. The summed E-state index contributed by atoms with van der Waals surface area (Å²) in [4.78, 5) is 16.2. The van der Waals surface area contributed by atoms with Gasteiger partial charge in [-0.2, -0.15) is 0 Å². The number of anilines is 1. The highest BCUT2D eigenvalue weighted by molar-refractivity contribution is 6.07. The number of nitrogen functional groups attached to an aromatic ring is 1. The molecule has 82 valence electrons. The van der Waals surface area contributed by atoms with Crippen LogP contribution in [0.25, 0.3) is 0 Å². The molecule has 0 fully saturated rings. The highest BCUT2D eigenvalue weighted by Crippen LogP contribution is 2.15. The SMILES string of the molecule is Cc1cc(N)ccc1C(=O)c1nccn1C. The van der Waals surface area contributed by atoms with Crippen LogP contribution >= 0.6 is 0 Å². The van der Waals surface area contributed by atoms with Gasteiger partial charge in [-0.1, -0.05) is 0 Å². The van der Waals surface area contributed by atoms with Crippen molar-refractivity contribution in [2.24, 2.45) is 7.05 Å². The lowest BCUT2D eigenvalue weighted by molar-refractivity contribution is 0.102.